The highest BCUT2D eigenvalue weighted by molar-refractivity contribution is 8.15. The zero-order valence-electron chi connectivity index (χ0n) is 11.4. The predicted octanol–water partition coefficient (Wildman–Crippen LogP) is 5.11. The highest BCUT2D eigenvalue weighted by Crippen LogP contribution is 2.46. The van der Waals surface area contributed by atoms with Crippen LogP contribution in [0.15, 0.2) is 12.2 Å². The lowest BCUT2D eigenvalue weighted by Crippen LogP contribution is -2.22. The lowest BCUT2D eigenvalue weighted by molar-refractivity contribution is -0.107. The minimum Gasteiger partial charge on any atom is -0.282 e. The van der Waals surface area contributed by atoms with Gasteiger partial charge in [-0.15, -0.1) is 0 Å². The van der Waals surface area contributed by atoms with Crippen LogP contribution in [-0.4, -0.2) is 9.86 Å². The van der Waals surface area contributed by atoms with Gasteiger partial charge in [0.05, 0.1) is 0 Å². The van der Waals surface area contributed by atoms with Crippen LogP contribution in [0.2, 0.25) is 0 Å². The van der Waals surface area contributed by atoms with Gasteiger partial charge in [-0.1, -0.05) is 63.8 Å². The summed E-state index contributed by atoms with van der Waals surface area (Å²) in [6, 6.07) is 0. The number of hydrogen-bond acceptors (Lipinski definition) is 2. The topological polar surface area (TPSA) is 17.1 Å². The van der Waals surface area contributed by atoms with Crippen LogP contribution in [0.3, 0.4) is 0 Å². The Morgan fingerprint density at radius 1 is 1.24 bits per heavy atom. The van der Waals surface area contributed by atoms with Gasteiger partial charge in [0.25, 0.3) is 0 Å². The molecule has 0 spiro atoms. The van der Waals surface area contributed by atoms with Crippen molar-refractivity contribution < 1.29 is 4.79 Å². The molecule has 17 heavy (non-hydrogen) atoms. The Morgan fingerprint density at radius 2 is 1.88 bits per heavy atom. The van der Waals surface area contributed by atoms with Crippen molar-refractivity contribution in [2.45, 2.75) is 76.4 Å². The molecule has 1 nitrogen and oxygen atoms in total. The minimum absolute atomic E-state index is 0.211. The van der Waals surface area contributed by atoms with Gasteiger partial charge in [0.15, 0.2) is 0 Å². The molecule has 0 N–H and O–H groups in total. The van der Waals surface area contributed by atoms with E-state index in [1.807, 2.05) is 6.92 Å². The fourth-order valence-electron chi connectivity index (χ4n) is 2.58. The summed E-state index contributed by atoms with van der Waals surface area (Å²) in [4.78, 5) is 11.9. The fourth-order valence-corrected chi connectivity index (χ4v) is 3.89. The number of unbranched alkanes of at least 4 members (excludes halogenated alkanes) is 3. The largest absolute Gasteiger partial charge is 0.282 e. The first-order valence-corrected chi connectivity index (χ1v) is 7.80. The molecule has 0 aliphatic heterocycles. The number of hydrogen-bond donors (Lipinski definition) is 0. The Bertz CT molecular complexity index is 264. The van der Waals surface area contributed by atoms with Gasteiger partial charge >= 0.3 is 0 Å². The van der Waals surface area contributed by atoms with Crippen LogP contribution < -0.4 is 0 Å². The molecule has 0 radical (unpaired) electrons. The standard InChI is InChI=1S/C15H26OS/c1-4-5-6-7-10-15(11-8-9-12-15)17-14(16)13(2)3/h2,4-12H2,1,3H3. The molecule has 0 aromatic carbocycles. The molecule has 0 heterocycles. The van der Waals surface area contributed by atoms with E-state index in [0.29, 0.717) is 5.57 Å². The molecule has 1 aliphatic carbocycles. The van der Waals surface area contributed by atoms with Crippen molar-refractivity contribution in [3.05, 3.63) is 12.2 Å². The Balaban J connectivity index is 2.45. The summed E-state index contributed by atoms with van der Waals surface area (Å²) in [5, 5.41) is 0.211. The average molecular weight is 254 g/mol. The molecule has 0 saturated heterocycles. The fraction of sp³-hybridized carbons (Fsp3) is 0.800. The first-order valence-electron chi connectivity index (χ1n) is 6.98. The monoisotopic (exact) mass is 254 g/mol. The van der Waals surface area contributed by atoms with Crippen LogP contribution in [0.4, 0.5) is 0 Å². The Morgan fingerprint density at radius 3 is 2.41 bits per heavy atom. The van der Waals surface area contributed by atoms with E-state index < -0.39 is 0 Å². The quantitative estimate of drug-likeness (QED) is 0.464. The van der Waals surface area contributed by atoms with Crippen molar-refractivity contribution >= 4 is 16.9 Å². The van der Waals surface area contributed by atoms with Gasteiger partial charge in [-0.3, -0.25) is 4.79 Å². The van der Waals surface area contributed by atoms with Gasteiger partial charge in [-0.2, -0.15) is 0 Å². The summed E-state index contributed by atoms with van der Waals surface area (Å²) in [6.45, 7) is 7.84. The molecule has 1 aliphatic rings. The molecule has 0 amide bonds. The molecule has 0 atom stereocenters. The molecule has 1 rings (SSSR count). The van der Waals surface area contributed by atoms with Gasteiger partial charge in [0.2, 0.25) is 5.12 Å². The van der Waals surface area contributed by atoms with E-state index in [9.17, 15) is 4.79 Å². The molecule has 0 aromatic rings. The van der Waals surface area contributed by atoms with E-state index in [-0.39, 0.29) is 9.86 Å². The third-order valence-corrected chi connectivity index (χ3v) is 5.24. The first-order chi connectivity index (χ1) is 8.09. The van der Waals surface area contributed by atoms with Crippen LogP contribution in [0, 0.1) is 0 Å². The summed E-state index contributed by atoms with van der Waals surface area (Å²) in [5.74, 6) is 0. The normalized spacial score (nSPS) is 18.2. The van der Waals surface area contributed by atoms with Crippen molar-refractivity contribution in [3.63, 3.8) is 0 Å². The molecule has 0 bridgehead atoms. The predicted molar refractivity (Wildman–Crippen MR) is 77.4 cm³/mol. The molecule has 1 fully saturated rings. The summed E-state index contributed by atoms with van der Waals surface area (Å²) < 4.78 is 0.254. The smallest absolute Gasteiger partial charge is 0.214 e. The second-order valence-corrected chi connectivity index (χ2v) is 6.81. The number of thioether (sulfide) groups is 1. The van der Waals surface area contributed by atoms with Crippen molar-refractivity contribution in [2.24, 2.45) is 0 Å². The first kappa shape index (κ1) is 14.8. The summed E-state index contributed by atoms with van der Waals surface area (Å²) in [7, 11) is 0. The number of rotatable bonds is 7. The highest BCUT2D eigenvalue weighted by Gasteiger charge is 2.36. The van der Waals surface area contributed by atoms with E-state index in [0.717, 1.165) is 0 Å². The van der Waals surface area contributed by atoms with Gasteiger partial charge in [0.1, 0.15) is 0 Å². The lowest BCUT2D eigenvalue weighted by atomic mass is 9.98. The maximum Gasteiger partial charge on any atom is 0.214 e. The average Bonchev–Trinajstić information content (AvgIpc) is 2.73. The Kier molecular flexibility index (Phi) is 6.32. The Labute approximate surface area is 110 Å². The van der Waals surface area contributed by atoms with Gasteiger partial charge in [-0.05, 0) is 31.8 Å². The minimum atomic E-state index is 0.211. The van der Waals surface area contributed by atoms with Crippen LogP contribution >= 0.6 is 11.8 Å². The Hall–Kier alpha value is -0.240. The molecular formula is C15H26OS. The van der Waals surface area contributed by atoms with Crippen molar-refractivity contribution in [2.75, 3.05) is 0 Å². The maximum atomic E-state index is 11.9. The number of carbonyl (C=O) groups excluding carboxylic acids is 1. The zero-order chi connectivity index (χ0) is 12.7. The third-order valence-electron chi connectivity index (χ3n) is 3.66. The lowest BCUT2D eigenvalue weighted by Gasteiger charge is -2.27. The second-order valence-electron chi connectivity index (χ2n) is 5.37. The van der Waals surface area contributed by atoms with E-state index in [4.69, 9.17) is 0 Å². The van der Waals surface area contributed by atoms with Crippen LogP contribution in [-0.2, 0) is 4.79 Å². The van der Waals surface area contributed by atoms with Crippen molar-refractivity contribution in [3.8, 4) is 0 Å². The molecule has 0 aromatic heterocycles. The van der Waals surface area contributed by atoms with Gasteiger partial charge in [0, 0.05) is 4.75 Å². The van der Waals surface area contributed by atoms with E-state index in [1.54, 1.807) is 11.8 Å². The molecule has 98 valence electrons. The summed E-state index contributed by atoms with van der Waals surface area (Å²) in [5.41, 5.74) is 0.704. The summed E-state index contributed by atoms with van der Waals surface area (Å²) >= 11 is 1.58. The number of carbonyl (C=O) groups is 1. The summed E-state index contributed by atoms with van der Waals surface area (Å²) in [6.07, 6.45) is 11.5. The SMILES string of the molecule is C=C(C)C(=O)SC1(CCCCCC)CCCC1. The zero-order valence-corrected chi connectivity index (χ0v) is 12.2. The van der Waals surface area contributed by atoms with Crippen LogP contribution in [0.25, 0.3) is 0 Å². The molecule has 2 heteroatoms. The van der Waals surface area contributed by atoms with E-state index >= 15 is 0 Å². The second kappa shape index (κ2) is 7.25. The van der Waals surface area contributed by atoms with E-state index in [1.165, 1.54) is 57.8 Å². The van der Waals surface area contributed by atoms with Gasteiger partial charge < -0.3 is 0 Å². The van der Waals surface area contributed by atoms with Gasteiger partial charge in [-0.25, -0.2) is 0 Å². The molecule has 1 saturated carbocycles. The molecule has 0 unspecified atom stereocenters. The van der Waals surface area contributed by atoms with Crippen molar-refractivity contribution in [1.82, 2.24) is 0 Å². The van der Waals surface area contributed by atoms with E-state index in [2.05, 4.69) is 13.5 Å². The van der Waals surface area contributed by atoms with Crippen LogP contribution in [0.1, 0.15) is 71.6 Å². The maximum absolute atomic E-state index is 11.9. The third kappa shape index (κ3) is 4.87. The van der Waals surface area contributed by atoms with Crippen molar-refractivity contribution in [1.29, 1.82) is 0 Å². The molecular weight excluding hydrogens is 228 g/mol. The van der Waals surface area contributed by atoms with Crippen LogP contribution in [0.5, 0.6) is 0 Å². The highest BCUT2D eigenvalue weighted by atomic mass is 32.2.